The van der Waals surface area contributed by atoms with Crippen LogP contribution in [0.5, 0.6) is 5.75 Å². The Labute approximate surface area is 189 Å². The van der Waals surface area contributed by atoms with Crippen LogP contribution >= 0.6 is 0 Å². The average molecular weight is 441 g/mol. The van der Waals surface area contributed by atoms with Crippen LogP contribution in [0.4, 0.5) is 0 Å². The van der Waals surface area contributed by atoms with Crippen LogP contribution in [0.25, 0.3) is 0 Å². The molecular weight excluding hydrogens is 408 g/mol. The fraction of sp³-hybridized carbons (Fsp3) is 0.400. The molecule has 0 radical (unpaired) electrons. The van der Waals surface area contributed by atoms with E-state index in [9.17, 15) is 14.4 Å². The van der Waals surface area contributed by atoms with Crippen LogP contribution in [0.1, 0.15) is 43.6 Å². The van der Waals surface area contributed by atoms with Crippen molar-refractivity contribution >= 4 is 17.8 Å². The molecule has 0 saturated carbocycles. The van der Waals surface area contributed by atoms with Crippen molar-refractivity contribution in [1.82, 2.24) is 10.6 Å². The highest BCUT2D eigenvalue weighted by Crippen LogP contribution is 2.25. The van der Waals surface area contributed by atoms with Crippen LogP contribution < -0.4 is 15.4 Å². The number of esters is 1. The number of ether oxygens (including phenoxy) is 2. The second-order valence-electron chi connectivity index (χ2n) is 8.03. The lowest BCUT2D eigenvalue weighted by molar-refractivity contribution is -0.149. The Hall–Kier alpha value is -3.35. The van der Waals surface area contributed by atoms with Gasteiger partial charge in [0.1, 0.15) is 17.2 Å². The van der Waals surface area contributed by atoms with Crippen LogP contribution in [0.2, 0.25) is 0 Å². The normalized spacial score (nSPS) is 13.6. The lowest BCUT2D eigenvalue weighted by Crippen LogP contribution is -2.53. The quantitative estimate of drug-likeness (QED) is 0.554. The standard InChI is InChI=1S/C25H32N2O5/c1-6-32-24(30)25(4,18-12-8-7-9-13-18)16-26-23(29)21(17(2)3)27-22(28)19-14-10-11-15-20(19)31-5/h7-15,17,21H,6,16H2,1-5H3,(H,26,29)(H,27,28)/t21-,25+/m1/s1. The monoisotopic (exact) mass is 440 g/mol. The highest BCUT2D eigenvalue weighted by molar-refractivity contribution is 5.99. The molecule has 2 N–H and O–H groups in total. The van der Waals surface area contributed by atoms with E-state index < -0.39 is 23.3 Å². The molecule has 172 valence electrons. The lowest BCUT2D eigenvalue weighted by Gasteiger charge is -2.30. The molecule has 0 heterocycles. The number of amides is 2. The second kappa shape index (κ2) is 11.3. The van der Waals surface area contributed by atoms with Gasteiger partial charge in [0, 0.05) is 6.54 Å². The summed E-state index contributed by atoms with van der Waals surface area (Å²) in [6, 6.07) is 15.2. The summed E-state index contributed by atoms with van der Waals surface area (Å²) in [5.41, 5.74) is 0.00759. The molecule has 2 atom stereocenters. The number of para-hydroxylation sites is 1. The molecule has 7 heteroatoms. The minimum Gasteiger partial charge on any atom is -0.496 e. The summed E-state index contributed by atoms with van der Waals surface area (Å²) in [6.45, 7) is 7.42. The minimum atomic E-state index is -1.07. The summed E-state index contributed by atoms with van der Waals surface area (Å²) in [7, 11) is 1.48. The molecule has 0 aliphatic rings. The predicted octanol–water partition coefficient (Wildman–Crippen LogP) is 3.09. The topological polar surface area (TPSA) is 93.7 Å². The van der Waals surface area contributed by atoms with E-state index in [0.717, 1.165) is 5.56 Å². The Kier molecular flexibility index (Phi) is 8.81. The van der Waals surface area contributed by atoms with Gasteiger partial charge >= 0.3 is 5.97 Å². The van der Waals surface area contributed by atoms with E-state index in [0.29, 0.717) is 11.3 Å². The van der Waals surface area contributed by atoms with Gasteiger partial charge in [-0.15, -0.1) is 0 Å². The fourth-order valence-electron chi connectivity index (χ4n) is 3.35. The zero-order valence-electron chi connectivity index (χ0n) is 19.3. The highest BCUT2D eigenvalue weighted by Gasteiger charge is 2.38. The Morgan fingerprint density at radius 1 is 1.00 bits per heavy atom. The molecule has 0 aliphatic carbocycles. The molecule has 2 aromatic rings. The number of carbonyl (C=O) groups is 3. The Morgan fingerprint density at radius 2 is 1.62 bits per heavy atom. The van der Waals surface area contributed by atoms with Crippen molar-refractivity contribution in [2.75, 3.05) is 20.3 Å². The fourth-order valence-corrected chi connectivity index (χ4v) is 3.35. The summed E-state index contributed by atoms with van der Waals surface area (Å²) in [5, 5.41) is 5.63. The number of carbonyl (C=O) groups excluding carboxylic acids is 3. The number of hydrogen-bond acceptors (Lipinski definition) is 5. The van der Waals surface area contributed by atoms with Gasteiger partial charge in [0.05, 0.1) is 19.3 Å². The minimum absolute atomic E-state index is 0.0302. The van der Waals surface area contributed by atoms with Crippen molar-refractivity contribution < 1.29 is 23.9 Å². The van der Waals surface area contributed by atoms with E-state index in [1.54, 1.807) is 38.1 Å². The maximum absolute atomic E-state index is 13.1. The van der Waals surface area contributed by atoms with Crippen molar-refractivity contribution in [3.05, 3.63) is 65.7 Å². The van der Waals surface area contributed by atoms with E-state index in [1.165, 1.54) is 7.11 Å². The third kappa shape index (κ3) is 5.87. The number of hydrogen-bond donors (Lipinski definition) is 2. The maximum Gasteiger partial charge on any atom is 0.318 e. The molecule has 0 aliphatic heterocycles. The third-order valence-electron chi connectivity index (χ3n) is 5.34. The molecule has 0 bridgehead atoms. The van der Waals surface area contributed by atoms with Crippen LogP contribution in [-0.4, -0.2) is 44.1 Å². The van der Waals surface area contributed by atoms with Crippen LogP contribution in [0, 0.1) is 5.92 Å². The summed E-state index contributed by atoms with van der Waals surface area (Å²) in [4.78, 5) is 38.6. The Morgan fingerprint density at radius 3 is 2.22 bits per heavy atom. The summed E-state index contributed by atoms with van der Waals surface area (Å²) in [6.07, 6.45) is 0. The van der Waals surface area contributed by atoms with Crippen molar-refractivity contribution in [1.29, 1.82) is 0 Å². The summed E-state index contributed by atoms with van der Waals surface area (Å²) in [5.74, 6) is -0.973. The molecular formula is C25H32N2O5. The zero-order valence-corrected chi connectivity index (χ0v) is 19.3. The molecule has 0 saturated heterocycles. The molecule has 0 spiro atoms. The van der Waals surface area contributed by atoms with Crippen molar-refractivity contribution in [3.63, 3.8) is 0 Å². The van der Waals surface area contributed by atoms with Gasteiger partial charge in [-0.25, -0.2) is 0 Å². The van der Waals surface area contributed by atoms with Gasteiger partial charge in [-0.05, 0) is 37.5 Å². The van der Waals surface area contributed by atoms with Crippen LogP contribution in [0.3, 0.4) is 0 Å². The number of benzene rings is 2. The smallest absolute Gasteiger partial charge is 0.318 e. The summed E-state index contributed by atoms with van der Waals surface area (Å²) < 4.78 is 10.5. The van der Waals surface area contributed by atoms with E-state index in [-0.39, 0.29) is 25.0 Å². The molecule has 0 unspecified atom stereocenters. The average Bonchev–Trinajstić information content (AvgIpc) is 2.81. The van der Waals surface area contributed by atoms with Gasteiger partial charge < -0.3 is 20.1 Å². The van der Waals surface area contributed by atoms with Crippen LogP contribution in [-0.2, 0) is 19.7 Å². The molecule has 0 fully saturated rings. The van der Waals surface area contributed by atoms with E-state index in [1.807, 2.05) is 44.2 Å². The first-order valence-electron chi connectivity index (χ1n) is 10.7. The Bertz CT molecular complexity index is 929. The van der Waals surface area contributed by atoms with Crippen molar-refractivity contribution in [3.8, 4) is 5.75 Å². The van der Waals surface area contributed by atoms with Gasteiger partial charge in [0.25, 0.3) is 5.91 Å². The largest absolute Gasteiger partial charge is 0.496 e. The van der Waals surface area contributed by atoms with E-state index >= 15 is 0 Å². The van der Waals surface area contributed by atoms with Gasteiger partial charge in [0.2, 0.25) is 5.91 Å². The van der Waals surface area contributed by atoms with Gasteiger partial charge in [0.15, 0.2) is 0 Å². The number of rotatable bonds is 10. The molecule has 2 amide bonds. The van der Waals surface area contributed by atoms with Crippen molar-refractivity contribution in [2.45, 2.75) is 39.2 Å². The third-order valence-corrected chi connectivity index (χ3v) is 5.34. The molecule has 7 nitrogen and oxygen atoms in total. The van der Waals surface area contributed by atoms with Crippen LogP contribution in [0.15, 0.2) is 54.6 Å². The molecule has 2 rings (SSSR count). The highest BCUT2D eigenvalue weighted by atomic mass is 16.5. The Balaban J connectivity index is 2.19. The first kappa shape index (κ1) is 24.9. The van der Waals surface area contributed by atoms with Gasteiger partial charge in [-0.2, -0.15) is 0 Å². The predicted molar refractivity (Wildman–Crippen MR) is 123 cm³/mol. The van der Waals surface area contributed by atoms with E-state index in [4.69, 9.17) is 9.47 Å². The zero-order chi connectivity index (χ0) is 23.7. The molecule has 2 aromatic carbocycles. The number of nitrogens with one attached hydrogen (secondary N) is 2. The SMILES string of the molecule is CCOC(=O)[C@@](C)(CNC(=O)[C@H](NC(=O)c1ccccc1OC)C(C)C)c1ccccc1. The lowest BCUT2D eigenvalue weighted by atomic mass is 9.82. The second-order valence-corrected chi connectivity index (χ2v) is 8.03. The molecule has 32 heavy (non-hydrogen) atoms. The summed E-state index contributed by atoms with van der Waals surface area (Å²) >= 11 is 0. The van der Waals surface area contributed by atoms with E-state index in [2.05, 4.69) is 10.6 Å². The number of methoxy groups -OCH3 is 1. The van der Waals surface area contributed by atoms with Gasteiger partial charge in [-0.3, -0.25) is 14.4 Å². The first-order valence-corrected chi connectivity index (χ1v) is 10.7. The van der Waals surface area contributed by atoms with Gasteiger partial charge in [-0.1, -0.05) is 56.3 Å². The van der Waals surface area contributed by atoms with Crippen molar-refractivity contribution in [2.24, 2.45) is 5.92 Å². The molecule has 0 aromatic heterocycles. The first-order chi connectivity index (χ1) is 15.2. The maximum atomic E-state index is 13.1.